The summed E-state index contributed by atoms with van der Waals surface area (Å²) in [7, 11) is 1.43. The summed E-state index contributed by atoms with van der Waals surface area (Å²) in [5.41, 5.74) is 3.79. The van der Waals surface area contributed by atoms with Gasteiger partial charge in [0, 0.05) is 4.88 Å². The lowest BCUT2D eigenvalue weighted by atomic mass is 9.89. The van der Waals surface area contributed by atoms with Gasteiger partial charge in [0.15, 0.2) is 0 Å². The Labute approximate surface area is 184 Å². The molecular weight excluding hydrogens is 392 g/mol. The van der Waals surface area contributed by atoms with Gasteiger partial charge in [-0.25, -0.2) is 4.79 Å². The van der Waals surface area contributed by atoms with Gasteiger partial charge in [0.1, 0.15) is 4.88 Å². The molecule has 4 heteroatoms. The average molecular weight is 427 g/mol. The van der Waals surface area contributed by atoms with E-state index in [1.54, 1.807) is 11.3 Å². The summed E-state index contributed by atoms with van der Waals surface area (Å²) in [5, 5.41) is 10.4. The van der Waals surface area contributed by atoms with Gasteiger partial charge in [-0.2, -0.15) is 0 Å². The van der Waals surface area contributed by atoms with E-state index in [2.05, 4.69) is 37.3 Å². The zero-order valence-electron chi connectivity index (χ0n) is 18.2. The first-order valence-corrected chi connectivity index (χ1v) is 12.1. The van der Waals surface area contributed by atoms with E-state index in [0.29, 0.717) is 10.8 Å². The second-order valence-electron chi connectivity index (χ2n) is 8.22. The first-order valence-electron chi connectivity index (χ1n) is 11.3. The van der Waals surface area contributed by atoms with Crippen molar-refractivity contribution in [3.63, 3.8) is 0 Å². The van der Waals surface area contributed by atoms with Gasteiger partial charge in [0.2, 0.25) is 0 Å². The maximum atomic E-state index is 11.6. The fraction of sp³-hybridized carbons (Fsp3) is 0.500. The summed E-state index contributed by atoms with van der Waals surface area (Å²) >= 11 is 1.54. The normalized spacial score (nSPS) is 17.0. The molecule has 1 unspecified atom stereocenters. The van der Waals surface area contributed by atoms with Crippen molar-refractivity contribution in [3.05, 3.63) is 63.4 Å². The third-order valence-corrected chi connectivity index (χ3v) is 7.18. The number of hydrogen-bond donors (Lipinski definition) is 1. The number of hydrogen-bond acceptors (Lipinski definition) is 4. The van der Waals surface area contributed by atoms with Gasteiger partial charge in [-0.1, -0.05) is 56.5 Å². The minimum absolute atomic E-state index is 0.244. The smallest absolute Gasteiger partial charge is 0.348 e. The molecule has 0 saturated carbocycles. The maximum Gasteiger partial charge on any atom is 0.348 e. The lowest BCUT2D eigenvalue weighted by Crippen LogP contribution is -2.01. The van der Waals surface area contributed by atoms with Crippen LogP contribution in [0.25, 0.3) is 5.57 Å². The second-order valence-corrected chi connectivity index (χ2v) is 9.39. The van der Waals surface area contributed by atoms with Crippen LogP contribution in [0.5, 0.6) is 0 Å². The number of carbonyl (C=O) groups is 1. The summed E-state index contributed by atoms with van der Waals surface area (Å²) in [5.74, 6) is 0.358. The van der Waals surface area contributed by atoms with Crippen LogP contribution in [0.3, 0.4) is 0 Å². The molecule has 0 aliphatic heterocycles. The highest BCUT2D eigenvalue weighted by Gasteiger charge is 2.21. The van der Waals surface area contributed by atoms with Crippen molar-refractivity contribution >= 4 is 22.9 Å². The highest BCUT2D eigenvalue weighted by molar-refractivity contribution is 7.13. The van der Waals surface area contributed by atoms with E-state index >= 15 is 0 Å². The van der Waals surface area contributed by atoms with E-state index in [-0.39, 0.29) is 12.1 Å². The van der Waals surface area contributed by atoms with Crippen molar-refractivity contribution in [2.75, 3.05) is 7.11 Å². The van der Waals surface area contributed by atoms with Crippen molar-refractivity contribution in [1.82, 2.24) is 0 Å². The number of allylic oxidation sites excluding steroid dienone is 2. The molecule has 0 amide bonds. The molecule has 1 heterocycles. The van der Waals surface area contributed by atoms with E-state index < -0.39 is 0 Å². The highest BCUT2D eigenvalue weighted by Crippen LogP contribution is 2.37. The van der Waals surface area contributed by atoms with Crippen molar-refractivity contribution in [1.29, 1.82) is 0 Å². The van der Waals surface area contributed by atoms with Crippen LogP contribution in [0.4, 0.5) is 0 Å². The first-order chi connectivity index (χ1) is 14.6. The Hall–Kier alpha value is -1.91. The number of carbonyl (C=O) groups excluding carboxylic acids is 1. The molecule has 1 aromatic carbocycles. The summed E-state index contributed by atoms with van der Waals surface area (Å²) in [4.78, 5) is 13.5. The molecule has 0 saturated heterocycles. The van der Waals surface area contributed by atoms with Crippen molar-refractivity contribution in [2.45, 2.75) is 70.8 Å². The predicted octanol–water partition coefficient (Wildman–Crippen LogP) is 6.96. The fourth-order valence-electron chi connectivity index (χ4n) is 4.31. The van der Waals surface area contributed by atoms with Crippen LogP contribution >= 0.6 is 11.3 Å². The van der Waals surface area contributed by atoms with Gasteiger partial charge >= 0.3 is 5.97 Å². The number of benzene rings is 1. The molecule has 162 valence electrons. The minimum Gasteiger partial charge on any atom is -0.465 e. The number of aryl methyl sites for hydroxylation is 1. The lowest BCUT2D eigenvalue weighted by molar-refractivity contribution is 0.0606. The maximum absolute atomic E-state index is 11.6. The van der Waals surface area contributed by atoms with Gasteiger partial charge in [-0.3, -0.25) is 0 Å². The van der Waals surface area contributed by atoms with Crippen LogP contribution in [0.15, 0.2) is 42.5 Å². The zero-order valence-corrected chi connectivity index (χ0v) is 19.0. The minimum atomic E-state index is -0.348. The summed E-state index contributed by atoms with van der Waals surface area (Å²) in [6.45, 7) is 2.19. The molecule has 2 atom stereocenters. The third-order valence-electron chi connectivity index (χ3n) is 6.05. The van der Waals surface area contributed by atoms with Gasteiger partial charge in [0.05, 0.1) is 13.2 Å². The Morgan fingerprint density at radius 1 is 1.17 bits per heavy atom. The quantitative estimate of drug-likeness (QED) is 0.312. The van der Waals surface area contributed by atoms with Crippen LogP contribution in [0.1, 0.15) is 90.1 Å². The molecule has 2 aromatic rings. The molecule has 1 aromatic heterocycles. The summed E-state index contributed by atoms with van der Waals surface area (Å²) < 4.78 is 4.79. The number of rotatable bonds is 11. The van der Waals surface area contributed by atoms with Crippen molar-refractivity contribution in [2.24, 2.45) is 5.92 Å². The Morgan fingerprint density at radius 3 is 2.70 bits per heavy atom. The van der Waals surface area contributed by atoms with Crippen molar-refractivity contribution < 1.29 is 14.6 Å². The lowest BCUT2D eigenvalue weighted by Gasteiger charge is -2.16. The Morgan fingerprint density at radius 2 is 1.97 bits per heavy atom. The zero-order chi connectivity index (χ0) is 21.3. The molecule has 3 nitrogen and oxygen atoms in total. The number of ether oxygens (including phenoxy) is 1. The average Bonchev–Trinajstić information content (AvgIpc) is 3.43. The monoisotopic (exact) mass is 426 g/mol. The van der Waals surface area contributed by atoms with Crippen molar-refractivity contribution in [3.8, 4) is 0 Å². The van der Waals surface area contributed by atoms with Gasteiger partial charge in [-0.05, 0) is 73.3 Å². The SMILES string of the molecule is CCCCCC(O)c1ccc(C2=CCC[C@@H]2CCCc2ccc(C(=O)OC)s2)cc1. The predicted molar refractivity (Wildman–Crippen MR) is 125 cm³/mol. The molecular formula is C26H34O3S. The molecule has 30 heavy (non-hydrogen) atoms. The summed E-state index contributed by atoms with van der Waals surface area (Å²) in [6, 6.07) is 12.5. The molecule has 0 radical (unpaired) electrons. The van der Waals surface area contributed by atoms with E-state index in [1.807, 2.05) is 12.1 Å². The second kappa shape index (κ2) is 11.5. The van der Waals surface area contributed by atoms with Gasteiger partial charge in [-0.15, -0.1) is 11.3 Å². The molecule has 1 aliphatic carbocycles. The molecule has 1 aliphatic rings. The van der Waals surface area contributed by atoms with Gasteiger partial charge in [0.25, 0.3) is 0 Å². The number of aliphatic hydroxyl groups excluding tert-OH is 1. The third kappa shape index (κ3) is 6.05. The topological polar surface area (TPSA) is 46.5 Å². The molecule has 0 fully saturated rings. The number of aliphatic hydroxyl groups is 1. The van der Waals surface area contributed by atoms with E-state index in [9.17, 15) is 9.90 Å². The number of thiophene rings is 1. The number of methoxy groups -OCH3 is 1. The van der Waals surface area contributed by atoms with Crippen LogP contribution in [0, 0.1) is 5.92 Å². The van der Waals surface area contributed by atoms with Crippen LogP contribution in [0.2, 0.25) is 0 Å². The van der Waals surface area contributed by atoms with Crippen LogP contribution in [-0.2, 0) is 11.2 Å². The Bertz CT molecular complexity index is 834. The molecule has 0 spiro atoms. The standard InChI is InChI=1S/C26H34O3S/c1-3-4-5-12-24(27)21-15-13-20(14-16-21)23-11-7-9-19(23)8-6-10-22-17-18-25(30-22)26(28)29-2/h11,13-19,24,27H,3-10,12H2,1-2H3/t19-,24?/m0/s1. The Kier molecular flexibility index (Phi) is 8.71. The van der Waals surface area contributed by atoms with E-state index in [4.69, 9.17) is 4.74 Å². The number of unbranched alkanes of at least 4 members (excludes halogenated alkanes) is 2. The molecule has 3 rings (SSSR count). The van der Waals surface area contributed by atoms with E-state index in [1.165, 1.54) is 48.8 Å². The van der Waals surface area contributed by atoms with Crippen LogP contribution < -0.4 is 0 Å². The fourth-order valence-corrected chi connectivity index (χ4v) is 5.28. The first kappa shape index (κ1) is 22.8. The largest absolute Gasteiger partial charge is 0.465 e. The van der Waals surface area contributed by atoms with E-state index in [0.717, 1.165) is 37.7 Å². The summed E-state index contributed by atoms with van der Waals surface area (Å²) in [6.07, 6.45) is 12.0. The molecule has 0 bridgehead atoms. The highest BCUT2D eigenvalue weighted by atomic mass is 32.1. The Balaban J connectivity index is 1.51. The van der Waals surface area contributed by atoms with Crippen LogP contribution in [-0.4, -0.2) is 18.2 Å². The van der Waals surface area contributed by atoms with Gasteiger partial charge < -0.3 is 9.84 Å². The molecule has 1 N–H and O–H groups in total. The number of esters is 1.